The number of amides is 1. The third kappa shape index (κ3) is 1.93. The van der Waals surface area contributed by atoms with Crippen LogP contribution < -0.4 is 16.0 Å². The predicted octanol–water partition coefficient (Wildman–Crippen LogP) is 0.379. The number of nitrogens with zero attached hydrogens (tertiary/aromatic N) is 2. The number of hydrogen-bond acceptors (Lipinski definition) is 4. The summed E-state index contributed by atoms with van der Waals surface area (Å²) in [7, 11) is 0. The van der Waals surface area contributed by atoms with Gasteiger partial charge in [-0.25, -0.2) is 0 Å². The van der Waals surface area contributed by atoms with Gasteiger partial charge in [-0.15, -0.1) is 0 Å². The Morgan fingerprint density at radius 2 is 2.44 bits per heavy atom. The van der Waals surface area contributed by atoms with Crippen molar-refractivity contribution in [1.29, 1.82) is 0 Å². The van der Waals surface area contributed by atoms with Gasteiger partial charge in [0.1, 0.15) is 6.04 Å². The van der Waals surface area contributed by atoms with Gasteiger partial charge in [-0.1, -0.05) is 6.92 Å². The lowest BCUT2D eigenvalue weighted by Crippen LogP contribution is -2.55. The maximum Gasteiger partial charge on any atom is 0.242 e. The first-order chi connectivity index (χ1) is 7.72. The minimum absolute atomic E-state index is 0.0798. The van der Waals surface area contributed by atoms with Gasteiger partial charge in [0.15, 0.2) is 0 Å². The minimum atomic E-state index is -0.114. The van der Waals surface area contributed by atoms with Crippen LogP contribution in [0.25, 0.3) is 0 Å². The highest BCUT2D eigenvalue weighted by Gasteiger charge is 2.28. The van der Waals surface area contributed by atoms with E-state index in [1.54, 1.807) is 12.4 Å². The van der Waals surface area contributed by atoms with E-state index in [2.05, 4.69) is 15.2 Å². The SMILES string of the molecule is CCC1C(=O)NCCN1c1cncc(N)c1. The van der Waals surface area contributed by atoms with Crippen molar-refractivity contribution >= 4 is 17.3 Å². The van der Waals surface area contributed by atoms with Gasteiger partial charge in [-0.3, -0.25) is 9.78 Å². The molecule has 1 aromatic heterocycles. The number of nitrogens with one attached hydrogen (secondary N) is 1. The Morgan fingerprint density at radius 1 is 1.62 bits per heavy atom. The highest BCUT2D eigenvalue weighted by Crippen LogP contribution is 2.21. The summed E-state index contributed by atoms with van der Waals surface area (Å²) < 4.78 is 0. The molecule has 0 aliphatic carbocycles. The Kier molecular flexibility index (Phi) is 2.94. The van der Waals surface area contributed by atoms with E-state index in [4.69, 9.17) is 5.73 Å². The molecule has 0 saturated carbocycles. The molecule has 1 unspecified atom stereocenters. The van der Waals surface area contributed by atoms with Crippen LogP contribution in [0.1, 0.15) is 13.3 Å². The van der Waals surface area contributed by atoms with Crippen LogP contribution in [0.3, 0.4) is 0 Å². The second-order valence-electron chi connectivity index (χ2n) is 3.88. The molecule has 0 radical (unpaired) electrons. The van der Waals surface area contributed by atoms with Crippen molar-refractivity contribution in [2.75, 3.05) is 23.7 Å². The fourth-order valence-electron chi connectivity index (χ4n) is 2.03. The van der Waals surface area contributed by atoms with Gasteiger partial charge in [0.2, 0.25) is 5.91 Å². The summed E-state index contributed by atoms with van der Waals surface area (Å²) in [5.41, 5.74) is 7.24. The minimum Gasteiger partial charge on any atom is -0.397 e. The van der Waals surface area contributed by atoms with E-state index < -0.39 is 0 Å². The normalized spacial score (nSPS) is 20.7. The quantitative estimate of drug-likeness (QED) is 0.755. The zero-order valence-corrected chi connectivity index (χ0v) is 9.31. The van der Waals surface area contributed by atoms with Crippen molar-refractivity contribution in [3.63, 3.8) is 0 Å². The van der Waals surface area contributed by atoms with Crippen molar-refractivity contribution in [1.82, 2.24) is 10.3 Å². The average molecular weight is 220 g/mol. The van der Waals surface area contributed by atoms with Crippen molar-refractivity contribution in [3.05, 3.63) is 18.5 Å². The first-order valence-electron chi connectivity index (χ1n) is 5.47. The van der Waals surface area contributed by atoms with Crippen molar-refractivity contribution < 1.29 is 4.79 Å². The molecule has 0 spiro atoms. The molecule has 1 atom stereocenters. The second kappa shape index (κ2) is 4.38. The summed E-state index contributed by atoms with van der Waals surface area (Å²) in [6, 6.07) is 1.74. The largest absolute Gasteiger partial charge is 0.397 e. The highest BCUT2D eigenvalue weighted by atomic mass is 16.2. The molecule has 86 valence electrons. The molecule has 1 fully saturated rings. The lowest BCUT2D eigenvalue weighted by Gasteiger charge is -2.36. The molecule has 0 bridgehead atoms. The Hall–Kier alpha value is -1.78. The molecule has 1 aliphatic heterocycles. The first kappa shape index (κ1) is 10.7. The van der Waals surface area contributed by atoms with Crippen molar-refractivity contribution in [2.45, 2.75) is 19.4 Å². The molecule has 2 heterocycles. The van der Waals surface area contributed by atoms with Gasteiger partial charge >= 0.3 is 0 Å². The second-order valence-corrected chi connectivity index (χ2v) is 3.88. The van der Waals surface area contributed by atoms with Crippen LogP contribution in [0, 0.1) is 0 Å². The summed E-state index contributed by atoms with van der Waals surface area (Å²) in [6.45, 7) is 3.47. The van der Waals surface area contributed by atoms with Crippen LogP contribution >= 0.6 is 0 Å². The van der Waals surface area contributed by atoms with E-state index in [9.17, 15) is 4.79 Å². The van der Waals surface area contributed by atoms with Gasteiger partial charge in [-0.05, 0) is 12.5 Å². The fraction of sp³-hybridized carbons (Fsp3) is 0.455. The van der Waals surface area contributed by atoms with Gasteiger partial charge in [-0.2, -0.15) is 0 Å². The van der Waals surface area contributed by atoms with E-state index in [1.165, 1.54) is 0 Å². The van der Waals surface area contributed by atoms with E-state index in [-0.39, 0.29) is 11.9 Å². The smallest absolute Gasteiger partial charge is 0.242 e. The van der Waals surface area contributed by atoms with E-state index >= 15 is 0 Å². The molecule has 1 saturated heterocycles. The zero-order valence-electron chi connectivity index (χ0n) is 9.31. The van der Waals surface area contributed by atoms with Gasteiger partial charge < -0.3 is 16.0 Å². The first-order valence-corrected chi connectivity index (χ1v) is 5.47. The number of nitrogens with two attached hydrogens (primary N) is 1. The van der Waals surface area contributed by atoms with E-state index in [0.717, 1.165) is 18.7 Å². The van der Waals surface area contributed by atoms with Gasteiger partial charge in [0.05, 0.1) is 17.6 Å². The number of anilines is 2. The van der Waals surface area contributed by atoms with Crippen molar-refractivity contribution in [3.8, 4) is 0 Å². The van der Waals surface area contributed by atoms with Crippen LogP contribution in [-0.2, 0) is 4.79 Å². The van der Waals surface area contributed by atoms with Crippen LogP contribution in [0.5, 0.6) is 0 Å². The predicted molar refractivity (Wildman–Crippen MR) is 63.1 cm³/mol. The Bertz CT molecular complexity index is 393. The number of nitrogen functional groups attached to an aromatic ring is 1. The lowest BCUT2D eigenvalue weighted by atomic mass is 10.1. The molecule has 1 aliphatic rings. The van der Waals surface area contributed by atoms with Crippen LogP contribution in [-0.4, -0.2) is 30.0 Å². The summed E-state index contributed by atoms with van der Waals surface area (Å²) >= 11 is 0. The summed E-state index contributed by atoms with van der Waals surface area (Å²) in [5.74, 6) is 0.0798. The van der Waals surface area contributed by atoms with Gasteiger partial charge in [0, 0.05) is 19.3 Å². The molecular formula is C11H16N4O. The number of rotatable bonds is 2. The molecule has 16 heavy (non-hydrogen) atoms. The average Bonchev–Trinajstić information content (AvgIpc) is 2.28. The number of aromatic nitrogens is 1. The van der Waals surface area contributed by atoms with E-state index in [1.807, 2.05) is 13.0 Å². The summed E-state index contributed by atoms with van der Waals surface area (Å²) in [6.07, 6.45) is 4.13. The number of hydrogen-bond donors (Lipinski definition) is 2. The Morgan fingerprint density at radius 3 is 3.12 bits per heavy atom. The fourth-order valence-corrected chi connectivity index (χ4v) is 2.03. The number of carbonyl (C=O) groups is 1. The Balaban J connectivity index is 2.27. The molecule has 1 aromatic rings. The third-order valence-corrected chi connectivity index (χ3v) is 2.79. The van der Waals surface area contributed by atoms with Crippen LogP contribution in [0.15, 0.2) is 18.5 Å². The summed E-state index contributed by atoms with van der Waals surface area (Å²) in [5, 5.41) is 2.87. The third-order valence-electron chi connectivity index (χ3n) is 2.79. The van der Waals surface area contributed by atoms with Gasteiger partial charge in [0.25, 0.3) is 0 Å². The maximum atomic E-state index is 11.7. The molecule has 5 heteroatoms. The topological polar surface area (TPSA) is 71.2 Å². The number of piperazine rings is 1. The van der Waals surface area contributed by atoms with Crippen LogP contribution in [0.4, 0.5) is 11.4 Å². The molecule has 1 amide bonds. The standard InChI is InChI=1S/C11H16N4O/c1-2-10-11(16)14-3-4-15(10)9-5-8(12)6-13-7-9/h5-7,10H,2-4,12H2,1H3,(H,14,16). The highest BCUT2D eigenvalue weighted by molar-refractivity contribution is 5.86. The molecule has 2 rings (SSSR count). The molecule has 3 N–H and O–H groups in total. The lowest BCUT2D eigenvalue weighted by molar-refractivity contribution is -0.123. The zero-order chi connectivity index (χ0) is 11.5. The number of carbonyl (C=O) groups excluding carboxylic acids is 1. The van der Waals surface area contributed by atoms with Crippen molar-refractivity contribution in [2.24, 2.45) is 0 Å². The number of pyridine rings is 1. The monoisotopic (exact) mass is 220 g/mol. The molecule has 0 aromatic carbocycles. The molecular weight excluding hydrogens is 204 g/mol. The molecule has 5 nitrogen and oxygen atoms in total. The van der Waals surface area contributed by atoms with E-state index in [0.29, 0.717) is 12.2 Å². The van der Waals surface area contributed by atoms with Crippen LogP contribution in [0.2, 0.25) is 0 Å². The Labute approximate surface area is 94.6 Å². The summed E-state index contributed by atoms with van der Waals surface area (Å²) in [4.78, 5) is 17.8. The maximum absolute atomic E-state index is 11.7.